The molecule has 1 rings (SSSR count). The Balaban J connectivity index is 3.16. The zero-order chi connectivity index (χ0) is 12.3. The molecular formula is C13H21NO2. The van der Waals surface area contributed by atoms with Crippen LogP contribution in [0.1, 0.15) is 37.5 Å². The molecule has 3 nitrogen and oxygen atoms in total. The van der Waals surface area contributed by atoms with E-state index < -0.39 is 0 Å². The summed E-state index contributed by atoms with van der Waals surface area (Å²) in [4.78, 5) is 4.56. The van der Waals surface area contributed by atoms with Crippen LogP contribution < -0.4 is 5.90 Å². The Kier molecular flexibility index (Phi) is 3.94. The molecule has 0 aliphatic heterocycles. The van der Waals surface area contributed by atoms with E-state index >= 15 is 0 Å². The normalized spacial score (nSPS) is 11.8. The molecule has 0 atom stereocenters. The number of rotatable bonds is 3. The van der Waals surface area contributed by atoms with E-state index in [1.54, 1.807) is 0 Å². The van der Waals surface area contributed by atoms with Crippen molar-refractivity contribution in [3.8, 4) is 5.75 Å². The number of phenols is 1. The van der Waals surface area contributed by atoms with Gasteiger partial charge in [-0.25, -0.2) is 5.90 Å². The molecule has 0 aliphatic rings. The molecule has 0 saturated heterocycles. The van der Waals surface area contributed by atoms with Crippen LogP contribution in [0.3, 0.4) is 0 Å². The van der Waals surface area contributed by atoms with E-state index in [0.717, 1.165) is 16.7 Å². The number of nitrogens with two attached hydrogens (primary N) is 1. The van der Waals surface area contributed by atoms with Crippen molar-refractivity contribution < 1.29 is 9.94 Å². The van der Waals surface area contributed by atoms with Gasteiger partial charge in [-0.3, -0.25) is 0 Å². The van der Waals surface area contributed by atoms with Gasteiger partial charge in [0.2, 0.25) is 0 Å². The van der Waals surface area contributed by atoms with E-state index in [4.69, 9.17) is 5.90 Å². The maximum absolute atomic E-state index is 10.2. The number of phenolic OH excluding ortho intramolecular Hbond substituents is 1. The molecule has 3 N–H and O–H groups in total. The maximum Gasteiger partial charge on any atom is 0.122 e. The summed E-state index contributed by atoms with van der Waals surface area (Å²) < 4.78 is 0. The molecule has 0 aliphatic carbocycles. The van der Waals surface area contributed by atoms with Crippen LogP contribution in [0.25, 0.3) is 0 Å². The summed E-state index contributed by atoms with van der Waals surface area (Å²) in [5.41, 5.74) is 2.96. The third-order valence-corrected chi connectivity index (χ3v) is 2.63. The van der Waals surface area contributed by atoms with Gasteiger partial charge >= 0.3 is 0 Å². The van der Waals surface area contributed by atoms with Crippen molar-refractivity contribution in [3.05, 3.63) is 28.8 Å². The van der Waals surface area contributed by atoms with Crippen LogP contribution in [0.4, 0.5) is 0 Å². The molecule has 0 spiro atoms. The Bertz CT molecular complexity index is 367. The fourth-order valence-electron chi connectivity index (χ4n) is 1.79. The Morgan fingerprint density at radius 1 is 1.31 bits per heavy atom. The zero-order valence-electron chi connectivity index (χ0n) is 10.5. The van der Waals surface area contributed by atoms with E-state index in [1.807, 2.05) is 19.1 Å². The van der Waals surface area contributed by atoms with Gasteiger partial charge in [0.15, 0.2) is 0 Å². The Hall–Kier alpha value is -1.06. The van der Waals surface area contributed by atoms with Crippen molar-refractivity contribution in [2.24, 2.45) is 5.90 Å². The third-order valence-electron chi connectivity index (χ3n) is 2.63. The fraction of sp³-hybridized carbons (Fsp3) is 0.538. The quantitative estimate of drug-likeness (QED) is 0.774. The fourth-order valence-corrected chi connectivity index (χ4v) is 1.79. The van der Waals surface area contributed by atoms with Crippen molar-refractivity contribution in [2.75, 3.05) is 6.61 Å². The number of benzene rings is 1. The average molecular weight is 223 g/mol. The topological polar surface area (TPSA) is 55.5 Å². The van der Waals surface area contributed by atoms with Gasteiger partial charge in [-0.05, 0) is 23.5 Å². The lowest BCUT2D eigenvalue weighted by Gasteiger charge is -2.22. The first-order valence-electron chi connectivity index (χ1n) is 5.51. The van der Waals surface area contributed by atoms with Crippen molar-refractivity contribution in [1.82, 2.24) is 0 Å². The number of hydrogen-bond acceptors (Lipinski definition) is 3. The summed E-state index contributed by atoms with van der Waals surface area (Å²) in [6, 6.07) is 4.01. The number of aryl methyl sites for hydroxylation is 1. The first-order chi connectivity index (χ1) is 7.36. The van der Waals surface area contributed by atoms with Crippen molar-refractivity contribution >= 4 is 0 Å². The van der Waals surface area contributed by atoms with Gasteiger partial charge in [-0.15, -0.1) is 0 Å². The van der Waals surface area contributed by atoms with Crippen molar-refractivity contribution in [1.29, 1.82) is 0 Å². The number of hydrogen-bond donors (Lipinski definition) is 2. The van der Waals surface area contributed by atoms with E-state index in [0.29, 0.717) is 18.8 Å². The summed E-state index contributed by atoms with van der Waals surface area (Å²) in [5, 5.41) is 10.2. The second-order valence-corrected chi connectivity index (χ2v) is 5.19. The smallest absolute Gasteiger partial charge is 0.122 e. The van der Waals surface area contributed by atoms with Crippen LogP contribution in [-0.2, 0) is 16.7 Å². The Labute approximate surface area is 97.2 Å². The standard InChI is InChI=1S/C13H21NO2/c1-9-7-10(5-6-16-14)12(15)11(8-9)13(2,3)4/h7-8,15H,5-6,14H2,1-4H3. The molecule has 0 saturated carbocycles. The lowest BCUT2D eigenvalue weighted by atomic mass is 9.84. The third kappa shape index (κ3) is 2.97. The first kappa shape index (κ1) is 13.0. The molecule has 0 heterocycles. The second-order valence-electron chi connectivity index (χ2n) is 5.19. The minimum absolute atomic E-state index is 0.0611. The lowest BCUT2D eigenvalue weighted by Crippen LogP contribution is -2.13. The molecule has 3 heteroatoms. The highest BCUT2D eigenvalue weighted by Gasteiger charge is 2.20. The van der Waals surface area contributed by atoms with Crippen LogP contribution in [0, 0.1) is 6.92 Å². The summed E-state index contributed by atoms with van der Waals surface area (Å²) >= 11 is 0. The van der Waals surface area contributed by atoms with E-state index in [2.05, 4.69) is 25.6 Å². The van der Waals surface area contributed by atoms with Gasteiger partial charge in [0.25, 0.3) is 0 Å². The summed E-state index contributed by atoms with van der Waals surface area (Å²) in [6.07, 6.45) is 0.632. The predicted octanol–water partition coefficient (Wildman–Crippen LogP) is 2.43. The number of aromatic hydroxyl groups is 1. The zero-order valence-corrected chi connectivity index (χ0v) is 10.5. The predicted molar refractivity (Wildman–Crippen MR) is 65.4 cm³/mol. The molecule has 16 heavy (non-hydrogen) atoms. The minimum atomic E-state index is -0.0611. The van der Waals surface area contributed by atoms with Gasteiger partial charge < -0.3 is 9.94 Å². The van der Waals surface area contributed by atoms with E-state index in [-0.39, 0.29) is 5.41 Å². The molecule has 0 aromatic heterocycles. The van der Waals surface area contributed by atoms with E-state index in [1.165, 1.54) is 0 Å². The van der Waals surface area contributed by atoms with Crippen LogP contribution in [0.2, 0.25) is 0 Å². The lowest BCUT2D eigenvalue weighted by molar-refractivity contribution is 0.140. The van der Waals surface area contributed by atoms with Crippen LogP contribution in [-0.4, -0.2) is 11.7 Å². The molecular weight excluding hydrogens is 202 g/mol. The molecule has 0 bridgehead atoms. The molecule has 1 aromatic rings. The second kappa shape index (κ2) is 4.85. The maximum atomic E-state index is 10.2. The molecule has 1 aromatic carbocycles. The van der Waals surface area contributed by atoms with Crippen molar-refractivity contribution in [3.63, 3.8) is 0 Å². The van der Waals surface area contributed by atoms with Gasteiger partial charge in [-0.2, -0.15) is 0 Å². The Morgan fingerprint density at radius 2 is 1.94 bits per heavy atom. The highest BCUT2D eigenvalue weighted by atomic mass is 16.6. The van der Waals surface area contributed by atoms with E-state index in [9.17, 15) is 5.11 Å². The summed E-state index contributed by atoms with van der Waals surface area (Å²) in [6.45, 7) is 8.71. The summed E-state index contributed by atoms with van der Waals surface area (Å²) in [7, 11) is 0. The molecule has 0 amide bonds. The van der Waals surface area contributed by atoms with Gasteiger partial charge in [-0.1, -0.05) is 38.5 Å². The van der Waals surface area contributed by atoms with Crippen LogP contribution in [0.15, 0.2) is 12.1 Å². The largest absolute Gasteiger partial charge is 0.507 e. The highest BCUT2D eigenvalue weighted by Crippen LogP contribution is 2.34. The summed E-state index contributed by atoms with van der Waals surface area (Å²) in [5.74, 6) is 5.38. The van der Waals surface area contributed by atoms with Gasteiger partial charge in [0.05, 0.1) is 6.61 Å². The average Bonchev–Trinajstić information content (AvgIpc) is 2.17. The van der Waals surface area contributed by atoms with Crippen LogP contribution in [0.5, 0.6) is 5.75 Å². The first-order valence-corrected chi connectivity index (χ1v) is 5.51. The van der Waals surface area contributed by atoms with Gasteiger partial charge in [0, 0.05) is 6.42 Å². The van der Waals surface area contributed by atoms with Crippen molar-refractivity contribution in [2.45, 2.75) is 39.5 Å². The molecule has 0 fully saturated rings. The molecule has 0 radical (unpaired) electrons. The van der Waals surface area contributed by atoms with Gasteiger partial charge in [0.1, 0.15) is 5.75 Å². The highest BCUT2D eigenvalue weighted by molar-refractivity contribution is 5.46. The van der Waals surface area contributed by atoms with Crippen LogP contribution >= 0.6 is 0 Å². The molecule has 0 unspecified atom stereocenters. The SMILES string of the molecule is Cc1cc(CCON)c(O)c(C(C)(C)C)c1. The monoisotopic (exact) mass is 223 g/mol. The molecule has 90 valence electrons. The minimum Gasteiger partial charge on any atom is -0.507 e. The Morgan fingerprint density at radius 3 is 2.44 bits per heavy atom.